The number of aliphatic hydroxyl groups is 2. The van der Waals surface area contributed by atoms with Crippen LogP contribution in [0.4, 0.5) is 0 Å². The van der Waals surface area contributed by atoms with Crippen molar-refractivity contribution in [1.29, 1.82) is 0 Å². The fourth-order valence-corrected chi connectivity index (χ4v) is 6.68. The Labute approximate surface area is 170 Å². The summed E-state index contributed by atoms with van der Waals surface area (Å²) in [4.78, 5) is 46.6. The van der Waals surface area contributed by atoms with Crippen molar-refractivity contribution in [3.05, 3.63) is 0 Å². The van der Waals surface area contributed by atoms with E-state index in [0.717, 1.165) is 6.92 Å². The molecule has 0 radical (unpaired) electrons. The van der Waals surface area contributed by atoms with Crippen LogP contribution in [0.5, 0.6) is 0 Å². The van der Waals surface area contributed by atoms with E-state index in [2.05, 4.69) is 5.32 Å². The number of hydrogen-bond donors (Lipinski definition) is 3. The minimum absolute atomic E-state index is 0.0645. The number of nitrogens with one attached hydrogen (secondary N) is 1. The predicted molar refractivity (Wildman–Crippen MR) is 102 cm³/mol. The van der Waals surface area contributed by atoms with E-state index < -0.39 is 66.3 Å². The molecule has 0 aromatic rings. The maximum atomic E-state index is 12.5. The van der Waals surface area contributed by atoms with Crippen molar-refractivity contribution in [2.45, 2.75) is 43.5 Å². The first-order valence-electron chi connectivity index (χ1n) is 8.55. The summed E-state index contributed by atoms with van der Waals surface area (Å²) < 4.78 is 19.4. The molecule has 11 nitrogen and oxygen atoms in total. The monoisotopic (exact) mass is 519 g/mol. The molecule has 12 heteroatoms. The van der Waals surface area contributed by atoms with Crippen molar-refractivity contribution in [3.8, 4) is 0 Å². The van der Waals surface area contributed by atoms with Gasteiger partial charge in [0.25, 0.3) is 0 Å². The first-order chi connectivity index (χ1) is 13.2. The molecule has 0 saturated carbocycles. The van der Waals surface area contributed by atoms with E-state index >= 15 is 0 Å². The van der Waals surface area contributed by atoms with Crippen molar-refractivity contribution in [2.75, 3.05) is 24.4 Å². The Kier molecular flexibility index (Phi) is 10.6. The van der Waals surface area contributed by atoms with Crippen LogP contribution in [0.25, 0.3) is 0 Å². The van der Waals surface area contributed by atoms with Gasteiger partial charge in [0.1, 0.15) is 0 Å². The average Bonchev–Trinajstić information content (AvgIpc) is 2.61. The third-order valence-corrected chi connectivity index (χ3v) is 8.10. The van der Waals surface area contributed by atoms with Gasteiger partial charge in [-0.1, -0.05) is 0 Å². The first-order valence-corrected chi connectivity index (χ1v) is 12.2. The zero-order valence-electron chi connectivity index (χ0n) is 15.9. The molecule has 162 valence electrons. The standard InChI is InChI=1S/C16H26INO10/c1-4-25-12(22)7-18-16(24)11(5-6-19)14-13(23)15(27-9(2)20)17(8-26-14)28-10(3)21/h11,13-15,19,23H,4-8H2,1-3H3,(H,18,24)/t11?,13-,14?,15?/m0/s1. The molecule has 1 aliphatic rings. The molecule has 0 aromatic carbocycles. The van der Waals surface area contributed by atoms with Gasteiger partial charge in [-0.15, -0.1) is 0 Å². The topological polar surface area (TPSA) is 158 Å². The van der Waals surface area contributed by atoms with Crippen LogP contribution in [-0.4, -0.2) is 74.7 Å². The van der Waals surface area contributed by atoms with E-state index in [9.17, 15) is 29.4 Å². The molecule has 3 N–H and O–H groups in total. The Morgan fingerprint density at radius 3 is 2.46 bits per heavy atom. The number of ether oxygens (including phenoxy) is 3. The molecule has 4 atom stereocenters. The molecular formula is C16H26INO10. The molecule has 1 fully saturated rings. The predicted octanol–water partition coefficient (Wildman–Crippen LogP) is -0.745. The number of rotatable bonds is 9. The number of amides is 1. The molecule has 0 bridgehead atoms. The van der Waals surface area contributed by atoms with E-state index in [-0.39, 0.29) is 30.8 Å². The molecule has 28 heavy (non-hydrogen) atoms. The Morgan fingerprint density at radius 1 is 1.25 bits per heavy atom. The van der Waals surface area contributed by atoms with Gasteiger partial charge in [-0.3, -0.25) is 0 Å². The van der Waals surface area contributed by atoms with Crippen LogP contribution in [-0.2, 0) is 36.5 Å². The van der Waals surface area contributed by atoms with E-state index in [1.54, 1.807) is 6.92 Å². The van der Waals surface area contributed by atoms with Crippen molar-refractivity contribution in [3.63, 3.8) is 0 Å². The number of aliphatic hydroxyl groups excluding tert-OH is 2. The zero-order chi connectivity index (χ0) is 21.3. The van der Waals surface area contributed by atoms with Gasteiger partial charge in [-0.05, 0) is 0 Å². The molecule has 1 saturated heterocycles. The number of esters is 2. The third-order valence-electron chi connectivity index (χ3n) is 3.58. The van der Waals surface area contributed by atoms with Crippen molar-refractivity contribution in [1.82, 2.24) is 5.32 Å². The molecule has 0 aliphatic carbocycles. The fraction of sp³-hybridized carbons (Fsp3) is 0.750. The molecule has 0 spiro atoms. The summed E-state index contributed by atoms with van der Waals surface area (Å²) in [6.45, 7) is 3.37. The maximum absolute atomic E-state index is 12.5. The van der Waals surface area contributed by atoms with E-state index in [0.29, 0.717) is 0 Å². The Morgan fingerprint density at radius 2 is 1.93 bits per heavy atom. The second-order valence-electron chi connectivity index (χ2n) is 5.75. The fourth-order valence-electron chi connectivity index (χ4n) is 2.51. The Bertz CT molecular complexity index is 572. The van der Waals surface area contributed by atoms with E-state index in [1.807, 2.05) is 0 Å². The van der Waals surface area contributed by atoms with E-state index in [1.165, 1.54) is 6.92 Å². The third kappa shape index (κ3) is 7.48. The zero-order valence-corrected chi connectivity index (χ0v) is 18.0. The summed E-state index contributed by atoms with van der Waals surface area (Å²) >= 11 is -2.82. The van der Waals surface area contributed by atoms with Gasteiger partial charge in [0.15, 0.2) is 0 Å². The number of hydrogen-bond acceptors (Lipinski definition) is 10. The molecule has 1 rings (SSSR count). The summed E-state index contributed by atoms with van der Waals surface area (Å²) in [7, 11) is 0. The molecular weight excluding hydrogens is 493 g/mol. The van der Waals surface area contributed by atoms with Crippen LogP contribution in [0.3, 0.4) is 0 Å². The van der Waals surface area contributed by atoms with Crippen LogP contribution in [0.1, 0.15) is 27.2 Å². The second kappa shape index (κ2) is 12.1. The van der Waals surface area contributed by atoms with Gasteiger partial charge in [0.05, 0.1) is 0 Å². The summed E-state index contributed by atoms with van der Waals surface area (Å²) in [5, 5.41) is 22.3. The molecule has 1 amide bonds. The van der Waals surface area contributed by atoms with Gasteiger partial charge in [-0.25, -0.2) is 0 Å². The summed E-state index contributed by atoms with van der Waals surface area (Å²) in [5.74, 6) is -3.56. The van der Waals surface area contributed by atoms with Gasteiger partial charge in [0.2, 0.25) is 0 Å². The van der Waals surface area contributed by atoms with Gasteiger partial charge in [-0.2, -0.15) is 0 Å². The van der Waals surface area contributed by atoms with Crippen LogP contribution >= 0.6 is 20.2 Å². The van der Waals surface area contributed by atoms with Crippen LogP contribution in [0.15, 0.2) is 0 Å². The van der Waals surface area contributed by atoms with E-state index in [4.69, 9.17) is 17.3 Å². The van der Waals surface area contributed by atoms with Gasteiger partial charge < -0.3 is 0 Å². The van der Waals surface area contributed by atoms with Crippen molar-refractivity contribution < 1.29 is 46.7 Å². The van der Waals surface area contributed by atoms with Crippen LogP contribution in [0, 0.1) is 5.92 Å². The molecule has 3 unspecified atom stereocenters. The van der Waals surface area contributed by atoms with Crippen LogP contribution in [0.2, 0.25) is 0 Å². The number of alkyl halides is 2. The van der Waals surface area contributed by atoms with Crippen LogP contribution < -0.4 is 5.32 Å². The molecule has 1 heterocycles. The SMILES string of the molecule is CCOC(=O)CNC(=O)C(CCO)C1OCI(OC(C)=O)C(OC(C)=O)[C@H]1O. The summed E-state index contributed by atoms with van der Waals surface area (Å²) in [5.41, 5.74) is 0. The van der Waals surface area contributed by atoms with Gasteiger partial charge in [0, 0.05) is 0 Å². The van der Waals surface area contributed by atoms with Crippen molar-refractivity contribution >= 4 is 44.0 Å². The number of carbonyl (C=O) groups is 4. The Hall–Kier alpha value is -1.51. The summed E-state index contributed by atoms with van der Waals surface area (Å²) in [6, 6.07) is 0. The Balaban J connectivity index is 2.92. The second-order valence-corrected chi connectivity index (χ2v) is 10.1. The average molecular weight is 519 g/mol. The first kappa shape index (κ1) is 24.5. The minimum atomic E-state index is -2.82. The normalized spacial score (nSPS) is 24.0. The number of carbonyl (C=O) groups excluding carboxylic acids is 4. The summed E-state index contributed by atoms with van der Waals surface area (Å²) in [6.07, 6.45) is -2.62. The molecule has 0 aromatic heterocycles. The quantitative estimate of drug-likeness (QED) is 0.201. The van der Waals surface area contributed by atoms with Crippen molar-refractivity contribution in [2.24, 2.45) is 5.92 Å². The molecule has 1 aliphatic heterocycles. The van der Waals surface area contributed by atoms with Gasteiger partial charge >= 0.3 is 170 Å². The number of halogens is 1.